The molecule has 0 unspecified atom stereocenters. The molecular formula is C35H47N9O2. The molecule has 2 saturated heterocycles. The third kappa shape index (κ3) is 6.41. The maximum absolute atomic E-state index is 13.8. The zero-order valence-corrected chi connectivity index (χ0v) is 27.6. The first-order chi connectivity index (χ1) is 22.1. The fraction of sp³-hybridized carbons (Fsp3) is 0.543. The molecule has 0 atom stereocenters. The van der Waals surface area contributed by atoms with Gasteiger partial charge >= 0.3 is 0 Å². The van der Waals surface area contributed by atoms with E-state index in [1.54, 1.807) is 10.9 Å². The second-order valence-corrected chi connectivity index (χ2v) is 14.0. The zero-order valence-electron chi connectivity index (χ0n) is 27.6. The molecule has 5 heterocycles. The molecule has 3 aromatic heterocycles. The number of rotatable bonds is 6. The molecule has 1 aliphatic carbocycles. The van der Waals surface area contributed by atoms with Crippen molar-refractivity contribution in [2.24, 2.45) is 7.05 Å². The minimum atomic E-state index is -0.660. The summed E-state index contributed by atoms with van der Waals surface area (Å²) in [6.45, 7) is 10.5. The second-order valence-electron chi connectivity index (χ2n) is 14.0. The maximum Gasteiger partial charge on any atom is 0.258 e. The van der Waals surface area contributed by atoms with Crippen molar-refractivity contribution in [3.8, 4) is 11.3 Å². The number of nitrogens with one attached hydrogen (secondary N) is 1. The number of imidazole rings is 1. The van der Waals surface area contributed by atoms with Gasteiger partial charge in [0.1, 0.15) is 0 Å². The first kappa shape index (κ1) is 30.8. The van der Waals surface area contributed by atoms with E-state index in [9.17, 15) is 9.90 Å². The summed E-state index contributed by atoms with van der Waals surface area (Å²) in [7, 11) is 4.08. The highest BCUT2D eigenvalue weighted by Gasteiger charge is 2.32. The highest BCUT2D eigenvalue weighted by atomic mass is 16.3. The highest BCUT2D eigenvalue weighted by Crippen LogP contribution is 2.39. The molecule has 2 aliphatic heterocycles. The number of hydrogen-bond acceptors (Lipinski definition) is 8. The van der Waals surface area contributed by atoms with E-state index in [2.05, 4.69) is 59.9 Å². The molecule has 7 rings (SSSR count). The molecule has 11 nitrogen and oxygen atoms in total. The van der Waals surface area contributed by atoms with Gasteiger partial charge < -0.3 is 19.5 Å². The molecule has 0 radical (unpaired) electrons. The monoisotopic (exact) mass is 625 g/mol. The lowest BCUT2D eigenvalue weighted by Crippen LogP contribution is -2.52. The Labute approximate surface area is 271 Å². The Bertz CT molecular complexity index is 1700. The molecule has 244 valence electrons. The summed E-state index contributed by atoms with van der Waals surface area (Å²) in [5.74, 6) is 0.330. The number of benzene rings is 1. The fourth-order valence-electron chi connectivity index (χ4n) is 7.57. The first-order valence-electron chi connectivity index (χ1n) is 16.8. The average molecular weight is 626 g/mol. The van der Waals surface area contributed by atoms with Gasteiger partial charge in [-0.15, -0.1) is 0 Å². The summed E-state index contributed by atoms with van der Waals surface area (Å²) in [6, 6.07) is 10.9. The Morgan fingerprint density at radius 1 is 0.935 bits per heavy atom. The van der Waals surface area contributed by atoms with E-state index in [0.717, 1.165) is 61.3 Å². The second kappa shape index (κ2) is 12.4. The van der Waals surface area contributed by atoms with Crippen LogP contribution in [-0.4, -0.2) is 103 Å². The molecule has 11 heteroatoms. The first-order valence-corrected chi connectivity index (χ1v) is 16.8. The molecular weight excluding hydrogens is 578 g/mol. The molecule has 3 aliphatic rings. The molecule has 0 spiro atoms. The average Bonchev–Trinajstić information content (AvgIpc) is 3.64. The molecule has 2 N–H and O–H groups in total. The van der Waals surface area contributed by atoms with Crippen LogP contribution in [0.1, 0.15) is 67.5 Å². The number of aliphatic hydroxyl groups is 1. The van der Waals surface area contributed by atoms with E-state index in [1.165, 1.54) is 31.6 Å². The molecule has 4 aromatic rings. The Kier molecular flexibility index (Phi) is 8.33. The molecule has 1 aromatic carbocycles. The lowest BCUT2D eigenvalue weighted by molar-refractivity contribution is 0.0106. The molecule has 1 amide bonds. The quantitative estimate of drug-likeness (QED) is 0.323. The number of fused-ring (bicyclic) bond motifs is 1. The lowest BCUT2D eigenvalue weighted by atomic mass is 9.83. The Hall–Kier alpha value is -3.80. The molecule has 3 fully saturated rings. The predicted octanol–water partition coefficient (Wildman–Crippen LogP) is 4.47. The van der Waals surface area contributed by atoms with Gasteiger partial charge in [-0.3, -0.25) is 24.7 Å². The molecule has 46 heavy (non-hydrogen) atoms. The van der Waals surface area contributed by atoms with E-state index in [4.69, 9.17) is 4.98 Å². The van der Waals surface area contributed by atoms with Gasteiger partial charge in [0.2, 0.25) is 5.95 Å². The number of carbonyl (C=O) groups is 1. The normalized spacial score (nSPS) is 23.7. The number of carbonyl (C=O) groups excluding carboxylic acids is 1. The van der Waals surface area contributed by atoms with Crippen molar-refractivity contribution in [3.05, 3.63) is 54.0 Å². The van der Waals surface area contributed by atoms with Crippen molar-refractivity contribution in [1.29, 1.82) is 0 Å². The van der Waals surface area contributed by atoms with Gasteiger partial charge in [0.15, 0.2) is 0 Å². The Morgan fingerprint density at radius 2 is 1.67 bits per heavy atom. The van der Waals surface area contributed by atoms with Crippen LogP contribution in [0.25, 0.3) is 22.3 Å². The maximum atomic E-state index is 13.8. The summed E-state index contributed by atoms with van der Waals surface area (Å²) in [5.41, 5.74) is 5.30. The standard InChI is InChI=1S/C35H47N9O2/c1-24-19-25(20-31(37-24)26-22-36-41(4)23-26)33(45)39-34-38-30-6-5-29(21-32(30)44(34)28-7-11-35(2,46)12-8-28)42-13-9-27(10-14-42)43-17-15-40(3)16-18-43/h5-6,19-23,27-28,46H,7-18H2,1-4H3,(H,38,39,45)/t28-,35+. The van der Waals surface area contributed by atoms with Gasteiger partial charge in [-0.25, -0.2) is 4.98 Å². The Morgan fingerprint density at radius 3 is 2.37 bits per heavy atom. The van der Waals surface area contributed by atoms with Crippen molar-refractivity contribution in [2.75, 3.05) is 56.5 Å². The predicted molar refractivity (Wildman–Crippen MR) is 181 cm³/mol. The van der Waals surface area contributed by atoms with Crippen LogP contribution in [0.15, 0.2) is 42.7 Å². The van der Waals surface area contributed by atoms with Crippen LogP contribution in [-0.2, 0) is 7.05 Å². The third-order valence-corrected chi connectivity index (χ3v) is 10.4. The van der Waals surface area contributed by atoms with Crippen LogP contribution in [0, 0.1) is 6.92 Å². The smallest absolute Gasteiger partial charge is 0.258 e. The van der Waals surface area contributed by atoms with Crippen LogP contribution in [0.5, 0.6) is 0 Å². The van der Waals surface area contributed by atoms with Gasteiger partial charge in [0, 0.05) is 87.1 Å². The van der Waals surface area contributed by atoms with Crippen molar-refractivity contribution in [1.82, 2.24) is 34.1 Å². The van der Waals surface area contributed by atoms with Crippen LogP contribution in [0.2, 0.25) is 0 Å². The number of likely N-dealkylation sites (N-methyl/N-ethyl adjacent to an activating group) is 1. The minimum absolute atomic E-state index is 0.129. The van der Waals surface area contributed by atoms with E-state index in [-0.39, 0.29) is 11.9 Å². The summed E-state index contributed by atoms with van der Waals surface area (Å²) in [4.78, 5) is 31.0. The van der Waals surface area contributed by atoms with Crippen LogP contribution in [0.4, 0.5) is 11.6 Å². The number of hydrogen-bond donors (Lipinski definition) is 2. The van der Waals surface area contributed by atoms with Gasteiger partial charge in [-0.05, 0) is 89.8 Å². The van der Waals surface area contributed by atoms with Crippen molar-refractivity contribution in [2.45, 2.75) is 70.1 Å². The fourth-order valence-corrected chi connectivity index (χ4v) is 7.57. The third-order valence-electron chi connectivity index (χ3n) is 10.4. The zero-order chi connectivity index (χ0) is 32.0. The van der Waals surface area contributed by atoms with Gasteiger partial charge in [0.05, 0.1) is 28.5 Å². The number of anilines is 2. The summed E-state index contributed by atoms with van der Waals surface area (Å²) in [6.07, 6.45) is 9.06. The van der Waals surface area contributed by atoms with Gasteiger partial charge in [-0.1, -0.05) is 0 Å². The number of aromatic nitrogens is 5. The SMILES string of the molecule is Cc1cc(C(=O)Nc2nc3ccc(N4CCC(N5CCN(C)CC5)CC4)cc3n2[C@H]2CC[C@@](C)(O)CC2)cc(-c2cnn(C)c2)n1. The number of piperidine rings is 1. The summed E-state index contributed by atoms with van der Waals surface area (Å²) >= 11 is 0. The number of amides is 1. The van der Waals surface area contributed by atoms with Crippen molar-refractivity contribution < 1.29 is 9.90 Å². The molecule has 1 saturated carbocycles. The minimum Gasteiger partial charge on any atom is -0.390 e. The van der Waals surface area contributed by atoms with Crippen LogP contribution >= 0.6 is 0 Å². The number of aryl methyl sites for hydroxylation is 2. The van der Waals surface area contributed by atoms with Crippen molar-refractivity contribution >= 4 is 28.6 Å². The van der Waals surface area contributed by atoms with E-state index < -0.39 is 5.60 Å². The van der Waals surface area contributed by atoms with E-state index in [0.29, 0.717) is 36.1 Å². The topological polar surface area (TPSA) is 108 Å². The molecule has 0 bridgehead atoms. The van der Waals surface area contributed by atoms with Crippen LogP contribution < -0.4 is 10.2 Å². The van der Waals surface area contributed by atoms with Crippen molar-refractivity contribution in [3.63, 3.8) is 0 Å². The Balaban J connectivity index is 1.16. The van der Waals surface area contributed by atoms with E-state index in [1.807, 2.05) is 39.2 Å². The van der Waals surface area contributed by atoms with E-state index >= 15 is 0 Å². The number of nitrogens with zero attached hydrogens (tertiary/aromatic N) is 8. The summed E-state index contributed by atoms with van der Waals surface area (Å²) < 4.78 is 3.95. The highest BCUT2D eigenvalue weighted by molar-refractivity contribution is 6.05. The lowest BCUT2D eigenvalue weighted by Gasteiger charge is -2.42. The van der Waals surface area contributed by atoms with Gasteiger partial charge in [0.25, 0.3) is 5.91 Å². The van der Waals surface area contributed by atoms with Crippen LogP contribution in [0.3, 0.4) is 0 Å². The summed E-state index contributed by atoms with van der Waals surface area (Å²) in [5, 5.41) is 18.2. The number of piperazine rings is 1. The largest absolute Gasteiger partial charge is 0.390 e. The number of pyridine rings is 1. The van der Waals surface area contributed by atoms with Gasteiger partial charge in [-0.2, -0.15) is 5.10 Å².